The lowest BCUT2D eigenvalue weighted by Crippen LogP contribution is -2.34. The molecular formula is C22H26N4O3. The van der Waals surface area contributed by atoms with Gasteiger partial charge in [0.25, 0.3) is 5.91 Å². The molecule has 7 heteroatoms. The summed E-state index contributed by atoms with van der Waals surface area (Å²) in [5.74, 6) is -0.206. The molecule has 152 valence electrons. The second kappa shape index (κ2) is 7.95. The SMILES string of the molecule is Cc1cc(NC(=O)c2ccc(C(C)NC(=O)OC(C)(C)C)cc2)cc2[nH]ncc12. The maximum Gasteiger partial charge on any atom is 0.408 e. The molecule has 1 unspecified atom stereocenters. The molecule has 0 spiro atoms. The lowest BCUT2D eigenvalue weighted by molar-refractivity contribution is 0.0507. The zero-order valence-electron chi connectivity index (χ0n) is 17.3. The largest absolute Gasteiger partial charge is 0.444 e. The average Bonchev–Trinajstić information content (AvgIpc) is 3.09. The van der Waals surface area contributed by atoms with Crippen molar-refractivity contribution in [3.63, 3.8) is 0 Å². The first-order valence-electron chi connectivity index (χ1n) is 9.47. The number of aromatic nitrogens is 2. The smallest absolute Gasteiger partial charge is 0.408 e. The average molecular weight is 394 g/mol. The van der Waals surface area contributed by atoms with E-state index in [0.717, 1.165) is 22.0 Å². The molecule has 1 atom stereocenters. The predicted octanol–water partition coefficient (Wildman–Crippen LogP) is 4.71. The summed E-state index contributed by atoms with van der Waals surface area (Å²) in [7, 11) is 0. The van der Waals surface area contributed by atoms with Gasteiger partial charge in [0, 0.05) is 16.6 Å². The number of nitrogens with one attached hydrogen (secondary N) is 3. The minimum atomic E-state index is -0.552. The van der Waals surface area contributed by atoms with Crippen LogP contribution in [0, 0.1) is 6.92 Å². The summed E-state index contributed by atoms with van der Waals surface area (Å²) in [6, 6.07) is 10.6. The Kier molecular flexibility index (Phi) is 5.59. The number of aryl methyl sites for hydroxylation is 1. The Morgan fingerprint density at radius 1 is 1.14 bits per heavy atom. The Morgan fingerprint density at radius 2 is 1.83 bits per heavy atom. The number of anilines is 1. The zero-order chi connectivity index (χ0) is 21.2. The first kappa shape index (κ1) is 20.4. The fraction of sp³-hybridized carbons (Fsp3) is 0.318. The first-order valence-corrected chi connectivity index (χ1v) is 9.47. The molecule has 7 nitrogen and oxygen atoms in total. The van der Waals surface area contributed by atoms with E-state index in [0.29, 0.717) is 11.3 Å². The fourth-order valence-electron chi connectivity index (χ4n) is 2.99. The number of alkyl carbamates (subject to hydrolysis) is 1. The summed E-state index contributed by atoms with van der Waals surface area (Å²) in [6.45, 7) is 9.28. The monoisotopic (exact) mass is 394 g/mol. The highest BCUT2D eigenvalue weighted by Gasteiger charge is 2.18. The van der Waals surface area contributed by atoms with Crippen LogP contribution in [-0.4, -0.2) is 27.8 Å². The van der Waals surface area contributed by atoms with Crippen molar-refractivity contribution < 1.29 is 14.3 Å². The molecule has 0 bridgehead atoms. The van der Waals surface area contributed by atoms with Gasteiger partial charge in [-0.25, -0.2) is 4.79 Å². The summed E-state index contributed by atoms with van der Waals surface area (Å²) in [5, 5.41) is 13.7. The summed E-state index contributed by atoms with van der Waals surface area (Å²) in [5.41, 5.74) is 3.46. The molecule has 2 amide bonds. The lowest BCUT2D eigenvalue weighted by Gasteiger charge is -2.22. The van der Waals surface area contributed by atoms with Gasteiger partial charge < -0.3 is 15.4 Å². The van der Waals surface area contributed by atoms with E-state index in [-0.39, 0.29) is 11.9 Å². The van der Waals surface area contributed by atoms with E-state index in [9.17, 15) is 9.59 Å². The number of H-pyrrole nitrogens is 1. The number of amides is 2. The third-order valence-corrected chi connectivity index (χ3v) is 4.43. The molecule has 0 fully saturated rings. The molecule has 0 saturated heterocycles. The normalized spacial score (nSPS) is 12.4. The number of carbonyl (C=O) groups excluding carboxylic acids is 2. The number of hydrogen-bond donors (Lipinski definition) is 3. The molecular weight excluding hydrogens is 368 g/mol. The number of ether oxygens (including phenoxy) is 1. The Hall–Kier alpha value is -3.35. The summed E-state index contributed by atoms with van der Waals surface area (Å²) < 4.78 is 5.27. The maximum absolute atomic E-state index is 12.6. The number of rotatable bonds is 4. The zero-order valence-corrected chi connectivity index (χ0v) is 17.3. The molecule has 1 heterocycles. The van der Waals surface area contributed by atoms with Gasteiger partial charge in [-0.05, 0) is 70.0 Å². The summed E-state index contributed by atoms with van der Waals surface area (Å²) in [4.78, 5) is 24.5. The summed E-state index contributed by atoms with van der Waals surface area (Å²) >= 11 is 0. The van der Waals surface area contributed by atoms with E-state index in [2.05, 4.69) is 20.8 Å². The molecule has 0 aliphatic heterocycles. The predicted molar refractivity (Wildman–Crippen MR) is 113 cm³/mol. The van der Waals surface area contributed by atoms with Crippen LogP contribution in [0.1, 0.15) is 55.2 Å². The standard InChI is InChI=1S/C22H26N4O3/c1-13-10-17(11-19-18(13)12-23-26-19)25-20(27)16-8-6-15(7-9-16)14(2)24-21(28)29-22(3,4)5/h6-12,14H,1-5H3,(H,23,26)(H,24,28)(H,25,27). The molecule has 3 N–H and O–H groups in total. The molecule has 3 aromatic rings. The van der Waals surface area contributed by atoms with Crippen molar-refractivity contribution in [2.75, 3.05) is 5.32 Å². The van der Waals surface area contributed by atoms with E-state index >= 15 is 0 Å². The van der Waals surface area contributed by atoms with Crippen LogP contribution < -0.4 is 10.6 Å². The van der Waals surface area contributed by atoms with Crippen molar-refractivity contribution in [2.24, 2.45) is 0 Å². The van der Waals surface area contributed by atoms with Crippen LogP contribution in [0.25, 0.3) is 10.9 Å². The second-order valence-corrected chi connectivity index (χ2v) is 8.07. The van der Waals surface area contributed by atoms with Crippen molar-refractivity contribution in [2.45, 2.75) is 46.3 Å². The highest BCUT2D eigenvalue weighted by atomic mass is 16.6. The van der Waals surface area contributed by atoms with Crippen LogP contribution in [0.2, 0.25) is 0 Å². The molecule has 0 aliphatic rings. The number of fused-ring (bicyclic) bond motifs is 1. The third-order valence-electron chi connectivity index (χ3n) is 4.43. The molecule has 0 radical (unpaired) electrons. The van der Waals surface area contributed by atoms with E-state index in [1.165, 1.54) is 0 Å². The second-order valence-electron chi connectivity index (χ2n) is 8.07. The van der Waals surface area contributed by atoms with Gasteiger partial charge in [0.2, 0.25) is 0 Å². The van der Waals surface area contributed by atoms with Gasteiger partial charge >= 0.3 is 6.09 Å². The fourth-order valence-corrected chi connectivity index (χ4v) is 2.99. The minimum Gasteiger partial charge on any atom is -0.444 e. The quantitative estimate of drug-likeness (QED) is 0.597. The van der Waals surface area contributed by atoms with E-state index < -0.39 is 11.7 Å². The highest BCUT2D eigenvalue weighted by molar-refractivity contribution is 6.05. The Balaban J connectivity index is 1.65. The summed E-state index contributed by atoms with van der Waals surface area (Å²) in [6.07, 6.45) is 1.29. The minimum absolute atomic E-state index is 0.206. The highest BCUT2D eigenvalue weighted by Crippen LogP contribution is 2.22. The number of nitrogens with zero attached hydrogens (tertiary/aromatic N) is 1. The molecule has 1 aromatic heterocycles. The molecule has 0 saturated carbocycles. The molecule has 3 rings (SSSR count). The maximum atomic E-state index is 12.6. The van der Waals surface area contributed by atoms with Crippen LogP contribution in [0.4, 0.5) is 10.5 Å². The number of benzene rings is 2. The van der Waals surface area contributed by atoms with Gasteiger partial charge in [-0.1, -0.05) is 12.1 Å². The van der Waals surface area contributed by atoms with Gasteiger partial charge in [-0.3, -0.25) is 9.89 Å². The van der Waals surface area contributed by atoms with E-state index in [1.807, 2.05) is 58.9 Å². The van der Waals surface area contributed by atoms with Gasteiger partial charge in [0.05, 0.1) is 17.8 Å². The topological polar surface area (TPSA) is 96.1 Å². The van der Waals surface area contributed by atoms with E-state index in [1.54, 1.807) is 18.3 Å². The lowest BCUT2D eigenvalue weighted by atomic mass is 10.1. The van der Waals surface area contributed by atoms with Crippen molar-refractivity contribution in [3.05, 3.63) is 59.3 Å². The van der Waals surface area contributed by atoms with Gasteiger partial charge in [0.15, 0.2) is 0 Å². The van der Waals surface area contributed by atoms with Gasteiger partial charge in [-0.15, -0.1) is 0 Å². The number of aromatic amines is 1. The van der Waals surface area contributed by atoms with Crippen LogP contribution in [0.5, 0.6) is 0 Å². The number of carbonyl (C=O) groups is 2. The van der Waals surface area contributed by atoms with Crippen LogP contribution >= 0.6 is 0 Å². The van der Waals surface area contributed by atoms with Crippen molar-refractivity contribution in [1.29, 1.82) is 0 Å². The molecule has 0 aliphatic carbocycles. The van der Waals surface area contributed by atoms with Crippen LogP contribution in [0.3, 0.4) is 0 Å². The van der Waals surface area contributed by atoms with Crippen molar-refractivity contribution in [1.82, 2.24) is 15.5 Å². The Bertz CT molecular complexity index is 1030. The van der Waals surface area contributed by atoms with Gasteiger partial charge in [0.1, 0.15) is 5.60 Å². The van der Waals surface area contributed by atoms with Crippen LogP contribution in [-0.2, 0) is 4.74 Å². The molecule has 2 aromatic carbocycles. The Labute approximate surface area is 169 Å². The number of hydrogen-bond acceptors (Lipinski definition) is 4. The van der Waals surface area contributed by atoms with Crippen molar-refractivity contribution >= 4 is 28.6 Å². The Morgan fingerprint density at radius 3 is 2.48 bits per heavy atom. The molecule has 29 heavy (non-hydrogen) atoms. The third kappa shape index (κ3) is 5.13. The van der Waals surface area contributed by atoms with Crippen LogP contribution in [0.15, 0.2) is 42.6 Å². The van der Waals surface area contributed by atoms with E-state index in [4.69, 9.17) is 4.74 Å². The van der Waals surface area contributed by atoms with Crippen molar-refractivity contribution in [3.8, 4) is 0 Å². The first-order chi connectivity index (χ1) is 13.6. The van der Waals surface area contributed by atoms with Gasteiger partial charge in [-0.2, -0.15) is 5.10 Å².